The lowest BCUT2D eigenvalue weighted by Crippen LogP contribution is -2.30. The predicted octanol–water partition coefficient (Wildman–Crippen LogP) is 0.938. The molecule has 0 aliphatic heterocycles. The molecule has 1 rings (SSSR count). The number of aliphatic hydroxyl groups is 1. The van der Waals surface area contributed by atoms with Crippen LogP contribution in [0.2, 0.25) is 0 Å². The highest BCUT2D eigenvalue weighted by Crippen LogP contribution is 2.23. The van der Waals surface area contributed by atoms with Crippen LogP contribution in [0.3, 0.4) is 0 Å². The largest absolute Gasteiger partial charge is 0.396 e. The lowest BCUT2D eigenvalue weighted by molar-refractivity contribution is 0.177. The van der Waals surface area contributed by atoms with Crippen LogP contribution in [0.5, 0.6) is 0 Å². The lowest BCUT2D eigenvalue weighted by Gasteiger charge is -2.18. The van der Waals surface area contributed by atoms with E-state index in [1.54, 1.807) is 0 Å². The van der Waals surface area contributed by atoms with E-state index < -0.39 is 38.3 Å². The van der Waals surface area contributed by atoms with Gasteiger partial charge in [-0.3, -0.25) is 0 Å². The normalized spacial score (nSPS) is 13.8. The Labute approximate surface area is 110 Å². The third-order valence-electron chi connectivity index (χ3n) is 2.60. The number of nitrogen functional groups attached to an aromatic ring is 1. The Morgan fingerprint density at radius 3 is 2.47 bits per heavy atom. The summed E-state index contributed by atoms with van der Waals surface area (Å²) in [6, 6.07) is 1.18. The Hall–Kier alpha value is -1.25. The van der Waals surface area contributed by atoms with Gasteiger partial charge in [0.1, 0.15) is 16.5 Å². The van der Waals surface area contributed by atoms with Crippen molar-refractivity contribution < 1.29 is 22.3 Å². The van der Waals surface area contributed by atoms with Gasteiger partial charge in [0.25, 0.3) is 0 Å². The van der Waals surface area contributed by atoms with Gasteiger partial charge in [0.2, 0.25) is 10.0 Å². The maximum Gasteiger partial charge on any atom is 0.245 e. The van der Waals surface area contributed by atoms with Gasteiger partial charge < -0.3 is 10.8 Å². The molecule has 0 saturated heterocycles. The first-order chi connectivity index (χ1) is 8.66. The van der Waals surface area contributed by atoms with Gasteiger partial charge in [0.05, 0.1) is 11.8 Å². The highest BCUT2D eigenvalue weighted by molar-refractivity contribution is 7.89. The Bertz CT molecular complexity index is 561. The molecule has 1 atom stereocenters. The summed E-state index contributed by atoms with van der Waals surface area (Å²) in [6.45, 7) is 1.52. The molecule has 0 amide bonds. The second kappa shape index (κ2) is 5.81. The molecule has 0 fully saturated rings. The van der Waals surface area contributed by atoms with Crippen LogP contribution in [0.15, 0.2) is 17.0 Å². The summed E-state index contributed by atoms with van der Waals surface area (Å²) in [4.78, 5) is -0.681. The lowest BCUT2D eigenvalue weighted by atomic mass is 10.3. The molecule has 1 aromatic carbocycles. The average molecular weight is 294 g/mol. The van der Waals surface area contributed by atoms with E-state index in [-0.39, 0.29) is 13.0 Å². The van der Waals surface area contributed by atoms with Crippen LogP contribution >= 0.6 is 0 Å². The number of aliphatic hydroxyl groups excluding tert-OH is 1. The van der Waals surface area contributed by atoms with Gasteiger partial charge in [-0.1, -0.05) is 0 Å². The van der Waals surface area contributed by atoms with E-state index in [1.807, 2.05) is 0 Å². The van der Waals surface area contributed by atoms with E-state index in [0.29, 0.717) is 6.07 Å². The number of hydrogen-bond donors (Lipinski definition) is 2. The molecule has 19 heavy (non-hydrogen) atoms. The number of hydrogen-bond acceptors (Lipinski definition) is 4. The zero-order valence-electron chi connectivity index (χ0n) is 10.6. The maximum atomic E-state index is 13.5. The van der Waals surface area contributed by atoms with Crippen LogP contribution < -0.4 is 5.73 Å². The number of nitrogens with two attached hydrogens (primary N) is 1. The molecule has 1 unspecified atom stereocenters. The molecule has 0 aromatic heterocycles. The standard InChI is InChI=1S/C11H16F2N2O3S/c1-7(16)3-4-15(2)19(17,18)11-6-10(14)8(12)5-9(11)13/h5-7,16H,3-4,14H2,1-2H3. The molecular weight excluding hydrogens is 278 g/mol. The molecule has 108 valence electrons. The molecule has 1 aromatic rings. The summed E-state index contributed by atoms with van der Waals surface area (Å²) < 4.78 is 51.5. The molecule has 0 aliphatic rings. The van der Waals surface area contributed by atoms with Gasteiger partial charge in [-0.25, -0.2) is 21.5 Å². The quantitative estimate of drug-likeness (QED) is 0.792. The van der Waals surface area contributed by atoms with E-state index in [0.717, 1.165) is 10.4 Å². The van der Waals surface area contributed by atoms with E-state index >= 15 is 0 Å². The molecule has 0 spiro atoms. The number of nitrogens with zero attached hydrogens (tertiary/aromatic N) is 1. The van der Waals surface area contributed by atoms with Crippen LogP contribution in [-0.2, 0) is 10.0 Å². The number of rotatable bonds is 5. The summed E-state index contributed by atoms with van der Waals surface area (Å²) in [7, 11) is -2.86. The minimum Gasteiger partial charge on any atom is -0.396 e. The Morgan fingerprint density at radius 2 is 1.95 bits per heavy atom. The fraction of sp³-hybridized carbons (Fsp3) is 0.455. The van der Waals surface area contributed by atoms with E-state index in [2.05, 4.69) is 0 Å². The fourth-order valence-electron chi connectivity index (χ4n) is 1.40. The molecule has 0 saturated carbocycles. The summed E-state index contributed by atoms with van der Waals surface area (Å²) in [5.74, 6) is -2.21. The zero-order valence-corrected chi connectivity index (χ0v) is 11.4. The number of halogens is 2. The van der Waals surface area contributed by atoms with Crippen LogP contribution in [0.25, 0.3) is 0 Å². The van der Waals surface area contributed by atoms with E-state index in [4.69, 9.17) is 10.8 Å². The summed E-state index contributed by atoms with van der Waals surface area (Å²) in [5, 5.41) is 9.11. The van der Waals surface area contributed by atoms with E-state index in [1.165, 1.54) is 14.0 Å². The molecule has 0 heterocycles. The minimum absolute atomic E-state index is 0.0106. The Kier molecular flexibility index (Phi) is 4.83. The molecule has 8 heteroatoms. The SMILES string of the molecule is CC(O)CCN(C)S(=O)(=O)c1cc(N)c(F)cc1F. The van der Waals surface area contributed by atoms with E-state index in [9.17, 15) is 17.2 Å². The molecular formula is C11H16F2N2O3S. The highest BCUT2D eigenvalue weighted by atomic mass is 32.2. The maximum absolute atomic E-state index is 13.5. The van der Waals surface area contributed by atoms with Gasteiger partial charge >= 0.3 is 0 Å². The third kappa shape index (κ3) is 3.62. The summed E-state index contributed by atoms with van der Waals surface area (Å²) in [6.07, 6.45) is -0.477. The van der Waals surface area contributed by atoms with Gasteiger partial charge in [0, 0.05) is 19.7 Å². The highest BCUT2D eigenvalue weighted by Gasteiger charge is 2.25. The van der Waals surface area contributed by atoms with Crippen LogP contribution in [0.1, 0.15) is 13.3 Å². The fourth-order valence-corrected chi connectivity index (χ4v) is 2.66. The average Bonchev–Trinajstić information content (AvgIpc) is 2.30. The first kappa shape index (κ1) is 15.8. The predicted molar refractivity (Wildman–Crippen MR) is 66.9 cm³/mol. The van der Waals surface area contributed by atoms with Crippen LogP contribution in [0, 0.1) is 11.6 Å². The summed E-state index contributed by atoms with van der Waals surface area (Å²) in [5.41, 5.74) is 4.80. The Morgan fingerprint density at radius 1 is 1.37 bits per heavy atom. The number of sulfonamides is 1. The monoisotopic (exact) mass is 294 g/mol. The smallest absolute Gasteiger partial charge is 0.245 e. The second-order valence-electron chi connectivity index (χ2n) is 4.27. The molecule has 0 radical (unpaired) electrons. The van der Waals surface area contributed by atoms with Crippen molar-refractivity contribution in [2.75, 3.05) is 19.3 Å². The van der Waals surface area contributed by atoms with Crippen LogP contribution in [-0.4, -0.2) is 37.5 Å². The van der Waals surface area contributed by atoms with Crippen molar-refractivity contribution in [1.82, 2.24) is 4.31 Å². The third-order valence-corrected chi connectivity index (χ3v) is 4.47. The van der Waals surface area contributed by atoms with Crippen molar-refractivity contribution in [3.63, 3.8) is 0 Å². The van der Waals surface area contributed by atoms with Crippen molar-refractivity contribution in [1.29, 1.82) is 0 Å². The number of benzene rings is 1. The summed E-state index contributed by atoms with van der Waals surface area (Å²) >= 11 is 0. The van der Waals surface area contributed by atoms with Gasteiger partial charge in [0.15, 0.2) is 0 Å². The van der Waals surface area contributed by atoms with Gasteiger partial charge in [-0.15, -0.1) is 0 Å². The molecule has 3 N–H and O–H groups in total. The van der Waals surface area contributed by atoms with Crippen molar-refractivity contribution in [3.05, 3.63) is 23.8 Å². The molecule has 0 aliphatic carbocycles. The first-order valence-corrected chi connectivity index (χ1v) is 6.99. The molecule has 5 nitrogen and oxygen atoms in total. The number of anilines is 1. The van der Waals surface area contributed by atoms with Crippen molar-refractivity contribution in [2.45, 2.75) is 24.3 Å². The minimum atomic E-state index is -4.10. The van der Waals surface area contributed by atoms with Crippen molar-refractivity contribution in [2.24, 2.45) is 0 Å². The van der Waals surface area contributed by atoms with Gasteiger partial charge in [-0.05, 0) is 19.4 Å². The molecule has 0 bridgehead atoms. The second-order valence-corrected chi connectivity index (χ2v) is 6.28. The topological polar surface area (TPSA) is 83.6 Å². The van der Waals surface area contributed by atoms with Gasteiger partial charge in [-0.2, -0.15) is 0 Å². The van der Waals surface area contributed by atoms with Crippen molar-refractivity contribution >= 4 is 15.7 Å². The van der Waals surface area contributed by atoms with Crippen molar-refractivity contribution in [3.8, 4) is 0 Å². The first-order valence-electron chi connectivity index (χ1n) is 5.55. The van der Waals surface area contributed by atoms with Crippen LogP contribution in [0.4, 0.5) is 14.5 Å². The zero-order chi connectivity index (χ0) is 14.8. The Balaban J connectivity index is 3.10.